The van der Waals surface area contributed by atoms with Crippen LogP contribution in [0.2, 0.25) is 5.15 Å². The lowest BCUT2D eigenvalue weighted by Crippen LogP contribution is -2.49. The van der Waals surface area contributed by atoms with E-state index in [1.54, 1.807) is 41.3 Å². The molecule has 1 aromatic heterocycles. The van der Waals surface area contributed by atoms with Crippen LogP contribution in [-0.4, -0.2) is 49.8 Å². The molecule has 0 bridgehead atoms. The number of benzene rings is 2. The lowest BCUT2D eigenvalue weighted by Gasteiger charge is -2.35. The molecule has 0 aliphatic carbocycles. The van der Waals surface area contributed by atoms with Gasteiger partial charge in [-0.1, -0.05) is 29.8 Å². The van der Waals surface area contributed by atoms with E-state index in [9.17, 15) is 26.4 Å². The molecule has 3 N–H and O–H groups in total. The Labute approximate surface area is 222 Å². The molecule has 0 saturated carbocycles. The molecule has 2 aliphatic rings. The average Bonchev–Trinajstić information content (AvgIpc) is 3.31. The molecule has 0 radical (unpaired) electrons. The van der Waals surface area contributed by atoms with Crippen molar-refractivity contribution in [1.29, 1.82) is 0 Å². The maximum absolute atomic E-state index is 13.3. The van der Waals surface area contributed by atoms with Crippen molar-refractivity contribution in [1.82, 2.24) is 14.6 Å². The molecule has 3 aromatic rings. The van der Waals surface area contributed by atoms with Crippen LogP contribution in [0.15, 0.2) is 59.5 Å². The molecule has 5 rings (SSSR count). The van der Waals surface area contributed by atoms with Gasteiger partial charge in [-0.3, -0.25) is 4.79 Å². The summed E-state index contributed by atoms with van der Waals surface area (Å²) in [7, 11) is -3.81. The van der Waals surface area contributed by atoms with Crippen molar-refractivity contribution in [2.45, 2.75) is 23.7 Å². The van der Waals surface area contributed by atoms with Crippen molar-refractivity contribution < 1.29 is 26.4 Å². The first-order valence-corrected chi connectivity index (χ1v) is 13.5. The van der Waals surface area contributed by atoms with Gasteiger partial charge in [0, 0.05) is 38.3 Å². The van der Waals surface area contributed by atoms with Gasteiger partial charge >= 0.3 is 6.18 Å². The van der Waals surface area contributed by atoms with E-state index in [1.807, 2.05) is 6.07 Å². The van der Waals surface area contributed by atoms with E-state index in [4.69, 9.17) is 17.3 Å². The summed E-state index contributed by atoms with van der Waals surface area (Å²) < 4.78 is 67.3. The molecular formula is C25H23ClF3N5O3S. The standard InChI is InChI=1S/C25H23ClF3N5O3S/c26-21-12-18(25(27,28)29)13-22(32-21)33-7-9-34(10-8-33)38(36,37)19-4-1-15(2-5-19)23-20-6-3-16(24(30)35)11-17(20)14-31-23/h1-6,11-13,23,31H,7-10,14H2,(H2,30,35). The molecule has 38 heavy (non-hydrogen) atoms. The van der Waals surface area contributed by atoms with Gasteiger partial charge < -0.3 is 16.0 Å². The Balaban J connectivity index is 1.28. The fourth-order valence-electron chi connectivity index (χ4n) is 4.76. The monoisotopic (exact) mass is 565 g/mol. The summed E-state index contributed by atoms with van der Waals surface area (Å²) in [6.07, 6.45) is -4.57. The van der Waals surface area contributed by atoms with Crippen LogP contribution in [0.4, 0.5) is 19.0 Å². The molecular weight excluding hydrogens is 543 g/mol. The summed E-state index contributed by atoms with van der Waals surface area (Å²) in [6, 6.07) is 13.4. The predicted molar refractivity (Wildman–Crippen MR) is 135 cm³/mol. The highest BCUT2D eigenvalue weighted by atomic mass is 35.5. The number of fused-ring (bicyclic) bond motifs is 1. The number of anilines is 1. The zero-order valence-corrected chi connectivity index (χ0v) is 21.4. The Morgan fingerprint density at radius 2 is 1.71 bits per heavy atom. The molecule has 1 atom stereocenters. The number of nitrogens with two attached hydrogens (primary N) is 1. The number of primary amides is 1. The van der Waals surface area contributed by atoms with Gasteiger partial charge in [-0.2, -0.15) is 17.5 Å². The minimum absolute atomic E-state index is 0.0542. The summed E-state index contributed by atoms with van der Waals surface area (Å²) in [5.41, 5.74) is 7.70. The van der Waals surface area contributed by atoms with Gasteiger partial charge in [0.25, 0.3) is 0 Å². The van der Waals surface area contributed by atoms with Crippen LogP contribution in [-0.2, 0) is 22.7 Å². The summed E-state index contributed by atoms with van der Waals surface area (Å²) in [6.45, 7) is 1.05. The number of alkyl halides is 3. The van der Waals surface area contributed by atoms with E-state index in [0.29, 0.717) is 12.1 Å². The number of pyridine rings is 1. The molecule has 2 aromatic carbocycles. The molecule has 200 valence electrons. The summed E-state index contributed by atoms with van der Waals surface area (Å²) in [5, 5.41) is 3.08. The minimum Gasteiger partial charge on any atom is -0.366 e. The predicted octanol–water partition coefficient (Wildman–Crippen LogP) is 3.56. The van der Waals surface area contributed by atoms with Crippen molar-refractivity contribution >= 4 is 33.3 Å². The normalized spacial score (nSPS) is 18.4. The van der Waals surface area contributed by atoms with E-state index in [2.05, 4.69) is 10.3 Å². The van der Waals surface area contributed by atoms with Crippen LogP contribution in [0.1, 0.15) is 38.7 Å². The van der Waals surface area contributed by atoms with Gasteiger partial charge in [-0.05, 0) is 53.1 Å². The van der Waals surface area contributed by atoms with Crippen molar-refractivity contribution in [2.75, 3.05) is 31.1 Å². The lowest BCUT2D eigenvalue weighted by atomic mass is 9.97. The van der Waals surface area contributed by atoms with E-state index in [1.165, 1.54) is 4.31 Å². The van der Waals surface area contributed by atoms with E-state index in [0.717, 1.165) is 28.8 Å². The van der Waals surface area contributed by atoms with Gasteiger partial charge in [0.1, 0.15) is 11.0 Å². The highest BCUT2D eigenvalue weighted by Crippen LogP contribution is 2.34. The van der Waals surface area contributed by atoms with Crippen molar-refractivity contribution in [3.05, 3.63) is 87.6 Å². The maximum atomic E-state index is 13.3. The molecule has 8 nitrogen and oxygen atoms in total. The number of halogens is 4. The van der Waals surface area contributed by atoms with Gasteiger partial charge in [0.15, 0.2) is 0 Å². The van der Waals surface area contributed by atoms with Crippen molar-refractivity contribution in [3.63, 3.8) is 0 Å². The third-order valence-electron chi connectivity index (χ3n) is 6.76. The first-order valence-electron chi connectivity index (χ1n) is 11.7. The largest absolute Gasteiger partial charge is 0.416 e. The molecule has 2 aliphatic heterocycles. The third-order valence-corrected chi connectivity index (χ3v) is 8.86. The number of hydrogen-bond acceptors (Lipinski definition) is 6. The highest BCUT2D eigenvalue weighted by Gasteiger charge is 2.34. The van der Waals surface area contributed by atoms with Gasteiger partial charge in [-0.15, -0.1) is 0 Å². The maximum Gasteiger partial charge on any atom is 0.416 e. The second-order valence-corrected chi connectivity index (χ2v) is 11.4. The first-order chi connectivity index (χ1) is 17.9. The van der Waals surface area contributed by atoms with Crippen molar-refractivity contribution in [2.24, 2.45) is 5.73 Å². The van der Waals surface area contributed by atoms with Crippen LogP contribution in [0.5, 0.6) is 0 Å². The van der Waals surface area contributed by atoms with Gasteiger partial charge in [0.05, 0.1) is 16.5 Å². The Hall–Kier alpha value is -3.19. The van der Waals surface area contributed by atoms with Crippen LogP contribution in [0, 0.1) is 0 Å². The number of nitrogens with zero attached hydrogens (tertiary/aromatic N) is 3. The number of carbonyl (C=O) groups is 1. The Morgan fingerprint density at radius 1 is 1.03 bits per heavy atom. The van der Waals surface area contributed by atoms with Gasteiger partial charge in [-0.25, -0.2) is 13.4 Å². The second kappa shape index (κ2) is 9.84. The Kier molecular flexibility index (Phi) is 6.84. The number of piperazine rings is 1. The minimum atomic E-state index is -4.57. The molecule has 13 heteroatoms. The summed E-state index contributed by atoms with van der Waals surface area (Å²) in [5.74, 6) is -0.444. The van der Waals surface area contributed by atoms with Crippen LogP contribution >= 0.6 is 11.6 Å². The number of sulfonamides is 1. The molecule has 1 saturated heterocycles. The quantitative estimate of drug-likeness (QED) is 0.458. The van der Waals surface area contributed by atoms with Crippen LogP contribution < -0.4 is 16.0 Å². The molecule has 3 heterocycles. The number of amides is 1. The average molecular weight is 566 g/mol. The highest BCUT2D eigenvalue weighted by molar-refractivity contribution is 7.89. The van der Waals surface area contributed by atoms with Crippen molar-refractivity contribution in [3.8, 4) is 0 Å². The number of nitrogens with one attached hydrogen (secondary N) is 1. The zero-order chi connectivity index (χ0) is 27.2. The smallest absolute Gasteiger partial charge is 0.366 e. The topological polar surface area (TPSA) is 109 Å². The fourth-order valence-corrected chi connectivity index (χ4v) is 6.39. The Morgan fingerprint density at radius 3 is 2.34 bits per heavy atom. The third kappa shape index (κ3) is 5.08. The number of carbonyl (C=O) groups excluding carboxylic acids is 1. The van der Waals surface area contributed by atoms with E-state index >= 15 is 0 Å². The SMILES string of the molecule is NC(=O)c1ccc2c(c1)CNC2c1ccc(S(=O)(=O)N2CCN(c3cc(C(F)(F)F)cc(Cl)n3)CC2)cc1. The zero-order valence-electron chi connectivity index (χ0n) is 19.9. The van der Waals surface area contributed by atoms with Gasteiger partial charge in [0.2, 0.25) is 15.9 Å². The number of aromatic nitrogens is 1. The Bertz CT molecular complexity index is 1490. The van der Waals surface area contributed by atoms with E-state index < -0.39 is 27.7 Å². The second-order valence-electron chi connectivity index (χ2n) is 9.09. The summed E-state index contributed by atoms with van der Waals surface area (Å²) in [4.78, 5) is 17.2. The molecule has 0 spiro atoms. The van der Waals surface area contributed by atoms with Crippen LogP contribution in [0.3, 0.4) is 0 Å². The lowest BCUT2D eigenvalue weighted by molar-refractivity contribution is -0.137. The molecule has 1 unspecified atom stereocenters. The van der Waals surface area contributed by atoms with E-state index in [-0.39, 0.29) is 48.1 Å². The molecule has 1 fully saturated rings. The first kappa shape index (κ1) is 26.4. The molecule has 1 amide bonds. The van der Waals surface area contributed by atoms with Crippen LogP contribution in [0.25, 0.3) is 0 Å². The number of rotatable bonds is 5. The fraction of sp³-hybridized carbons (Fsp3) is 0.280. The number of hydrogen-bond donors (Lipinski definition) is 2. The summed E-state index contributed by atoms with van der Waals surface area (Å²) >= 11 is 5.80.